The summed E-state index contributed by atoms with van der Waals surface area (Å²) in [6, 6.07) is 7.85. The molecule has 1 fully saturated rings. The van der Waals surface area contributed by atoms with Crippen molar-refractivity contribution in [3.05, 3.63) is 35.4 Å². The molecule has 1 aromatic carbocycles. The lowest BCUT2D eigenvalue weighted by Gasteiger charge is -2.30. The summed E-state index contributed by atoms with van der Waals surface area (Å²) in [5, 5.41) is 0. The van der Waals surface area contributed by atoms with Gasteiger partial charge in [-0.25, -0.2) is 0 Å². The molecule has 1 aliphatic rings. The molecule has 0 aromatic heterocycles. The largest absolute Gasteiger partial charge is 0.339 e. The second-order valence-corrected chi connectivity index (χ2v) is 5.06. The van der Waals surface area contributed by atoms with Gasteiger partial charge < -0.3 is 4.90 Å². The Bertz CT molecular complexity index is 457. The average Bonchev–Trinajstić information content (AvgIpc) is 2.38. The average molecular weight is 245 g/mol. The third-order valence-electron chi connectivity index (χ3n) is 3.65. The number of amides is 1. The summed E-state index contributed by atoms with van der Waals surface area (Å²) >= 11 is 0. The molecule has 0 spiro atoms. The maximum atomic E-state index is 12.3. The highest BCUT2D eigenvalue weighted by Gasteiger charge is 2.25. The SMILES string of the molecule is Cc1cccc(C(=O)N(C)C2CCC(=O)CC2)c1. The van der Waals surface area contributed by atoms with Crippen molar-refractivity contribution in [2.45, 2.75) is 38.6 Å². The summed E-state index contributed by atoms with van der Waals surface area (Å²) < 4.78 is 0. The molecule has 0 heterocycles. The van der Waals surface area contributed by atoms with Gasteiger partial charge in [-0.1, -0.05) is 17.7 Å². The fourth-order valence-corrected chi connectivity index (χ4v) is 2.46. The first-order valence-corrected chi connectivity index (χ1v) is 6.43. The van der Waals surface area contributed by atoms with Crippen LogP contribution in [-0.2, 0) is 4.79 Å². The third-order valence-corrected chi connectivity index (χ3v) is 3.65. The van der Waals surface area contributed by atoms with Gasteiger partial charge in [0.05, 0.1) is 0 Å². The highest BCUT2D eigenvalue weighted by Crippen LogP contribution is 2.21. The molecule has 0 bridgehead atoms. The van der Waals surface area contributed by atoms with E-state index in [0.717, 1.165) is 24.0 Å². The van der Waals surface area contributed by atoms with Crippen molar-refractivity contribution < 1.29 is 9.59 Å². The fraction of sp³-hybridized carbons (Fsp3) is 0.467. The van der Waals surface area contributed by atoms with E-state index in [1.807, 2.05) is 38.2 Å². The van der Waals surface area contributed by atoms with E-state index >= 15 is 0 Å². The molecular formula is C15H19NO2. The Balaban J connectivity index is 2.07. The van der Waals surface area contributed by atoms with Crippen molar-refractivity contribution in [1.82, 2.24) is 4.90 Å². The third kappa shape index (κ3) is 2.78. The maximum absolute atomic E-state index is 12.3. The summed E-state index contributed by atoms with van der Waals surface area (Å²) in [6.07, 6.45) is 2.81. The molecular weight excluding hydrogens is 226 g/mol. The lowest BCUT2D eigenvalue weighted by molar-refractivity contribution is -0.121. The molecule has 0 N–H and O–H groups in total. The zero-order chi connectivity index (χ0) is 13.1. The molecule has 2 rings (SSSR count). The van der Waals surface area contributed by atoms with E-state index in [0.29, 0.717) is 18.6 Å². The molecule has 96 valence electrons. The zero-order valence-corrected chi connectivity index (χ0v) is 11.0. The number of carbonyl (C=O) groups excluding carboxylic acids is 2. The molecule has 18 heavy (non-hydrogen) atoms. The first-order valence-electron chi connectivity index (χ1n) is 6.43. The van der Waals surface area contributed by atoms with Crippen LogP contribution < -0.4 is 0 Å². The van der Waals surface area contributed by atoms with Crippen molar-refractivity contribution in [3.8, 4) is 0 Å². The monoisotopic (exact) mass is 245 g/mol. The van der Waals surface area contributed by atoms with E-state index in [1.54, 1.807) is 4.90 Å². The smallest absolute Gasteiger partial charge is 0.253 e. The highest BCUT2D eigenvalue weighted by atomic mass is 16.2. The number of Topliss-reactive ketones (excluding diaryl/α,β-unsaturated/α-hetero) is 1. The van der Waals surface area contributed by atoms with Crippen LogP contribution in [0.15, 0.2) is 24.3 Å². The summed E-state index contributed by atoms with van der Waals surface area (Å²) in [5.41, 5.74) is 1.82. The van der Waals surface area contributed by atoms with Crippen LogP contribution in [-0.4, -0.2) is 29.7 Å². The zero-order valence-electron chi connectivity index (χ0n) is 11.0. The van der Waals surface area contributed by atoms with Gasteiger partial charge in [0.25, 0.3) is 5.91 Å². The number of ketones is 1. The van der Waals surface area contributed by atoms with Crippen molar-refractivity contribution in [2.24, 2.45) is 0 Å². The van der Waals surface area contributed by atoms with Crippen LogP contribution in [0.1, 0.15) is 41.6 Å². The Hall–Kier alpha value is -1.64. The first kappa shape index (κ1) is 12.8. The lowest BCUT2D eigenvalue weighted by atomic mass is 9.93. The van der Waals surface area contributed by atoms with Crippen LogP contribution in [0.4, 0.5) is 0 Å². The molecule has 3 nitrogen and oxygen atoms in total. The Labute approximate surface area is 108 Å². The standard InChI is InChI=1S/C15H19NO2/c1-11-4-3-5-12(10-11)15(18)16(2)13-6-8-14(17)9-7-13/h3-5,10,13H,6-9H2,1-2H3. The van der Waals surface area contributed by atoms with Crippen molar-refractivity contribution in [1.29, 1.82) is 0 Å². The number of benzene rings is 1. The van der Waals surface area contributed by atoms with Gasteiger partial charge in [0.1, 0.15) is 5.78 Å². The van der Waals surface area contributed by atoms with Gasteiger partial charge in [-0.2, -0.15) is 0 Å². The number of carbonyl (C=O) groups is 2. The second kappa shape index (κ2) is 5.34. The minimum atomic E-state index is 0.0537. The Kier molecular flexibility index (Phi) is 3.80. The van der Waals surface area contributed by atoms with Crippen LogP contribution in [0.3, 0.4) is 0 Å². The Morgan fingerprint density at radius 2 is 1.94 bits per heavy atom. The van der Waals surface area contributed by atoms with E-state index < -0.39 is 0 Å². The van der Waals surface area contributed by atoms with Gasteiger partial charge >= 0.3 is 0 Å². The first-order chi connectivity index (χ1) is 8.58. The molecule has 1 aliphatic carbocycles. The van der Waals surface area contributed by atoms with Crippen molar-refractivity contribution in [3.63, 3.8) is 0 Å². The molecule has 3 heteroatoms. The fourth-order valence-electron chi connectivity index (χ4n) is 2.46. The van der Waals surface area contributed by atoms with Gasteiger partial charge in [-0.15, -0.1) is 0 Å². The van der Waals surface area contributed by atoms with Gasteiger partial charge in [0, 0.05) is 31.5 Å². The summed E-state index contributed by atoms with van der Waals surface area (Å²) in [5.74, 6) is 0.376. The quantitative estimate of drug-likeness (QED) is 0.803. The molecule has 1 aromatic rings. The Morgan fingerprint density at radius 3 is 2.56 bits per heavy atom. The minimum Gasteiger partial charge on any atom is -0.339 e. The number of aryl methyl sites for hydroxylation is 1. The maximum Gasteiger partial charge on any atom is 0.253 e. The molecule has 0 unspecified atom stereocenters. The summed E-state index contributed by atoms with van der Waals surface area (Å²) in [6.45, 7) is 1.98. The molecule has 0 atom stereocenters. The summed E-state index contributed by atoms with van der Waals surface area (Å²) in [7, 11) is 1.84. The van der Waals surface area contributed by atoms with Crippen LogP contribution in [0, 0.1) is 6.92 Å². The minimum absolute atomic E-state index is 0.0537. The normalized spacial score (nSPS) is 16.7. The second-order valence-electron chi connectivity index (χ2n) is 5.06. The van der Waals surface area contributed by atoms with E-state index in [4.69, 9.17) is 0 Å². The van der Waals surface area contributed by atoms with Crippen LogP contribution in [0.25, 0.3) is 0 Å². The topological polar surface area (TPSA) is 37.4 Å². The van der Waals surface area contributed by atoms with Gasteiger partial charge in [0.2, 0.25) is 0 Å². The number of nitrogens with zero attached hydrogens (tertiary/aromatic N) is 1. The Morgan fingerprint density at radius 1 is 1.28 bits per heavy atom. The molecule has 0 aliphatic heterocycles. The predicted molar refractivity (Wildman–Crippen MR) is 70.5 cm³/mol. The van der Waals surface area contributed by atoms with Crippen molar-refractivity contribution >= 4 is 11.7 Å². The van der Waals surface area contributed by atoms with Crippen LogP contribution >= 0.6 is 0 Å². The van der Waals surface area contributed by atoms with Gasteiger partial charge in [-0.05, 0) is 31.9 Å². The molecule has 1 saturated carbocycles. The molecule has 0 radical (unpaired) electrons. The van der Waals surface area contributed by atoms with Crippen molar-refractivity contribution in [2.75, 3.05) is 7.05 Å². The number of rotatable bonds is 2. The number of hydrogen-bond donors (Lipinski definition) is 0. The van der Waals surface area contributed by atoms with E-state index in [2.05, 4.69) is 0 Å². The predicted octanol–water partition coefficient (Wildman–Crippen LogP) is 2.58. The molecule has 0 saturated heterocycles. The number of hydrogen-bond acceptors (Lipinski definition) is 2. The lowest BCUT2D eigenvalue weighted by Crippen LogP contribution is -2.39. The highest BCUT2D eigenvalue weighted by molar-refractivity contribution is 5.94. The van der Waals surface area contributed by atoms with Crippen LogP contribution in [0.2, 0.25) is 0 Å². The summed E-state index contributed by atoms with van der Waals surface area (Å²) in [4.78, 5) is 25.3. The molecule has 1 amide bonds. The van der Waals surface area contributed by atoms with E-state index in [-0.39, 0.29) is 11.9 Å². The van der Waals surface area contributed by atoms with Gasteiger partial charge in [0.15, 0.2) is 0 Å². The van der Waals surface area contributed by atoms with Crippen LogP contribution in [0.5, 0.6) is 0 Å². The van der Waals surface area contributed by atoms with E-state index in [1.165, 1.54) is 0 Å². The van der Waals surface area contributed by atoms with E-state index in [9.17, 15) is 9.59 Å². The van der Waals surface area contributed by atoms with Gasteiger partial charge in [-0.3, -0.25) is 9.59 Å².